The summed E-state index contributed by atoms with van der Waals surface area (Å²) in [5, 5.41) is 0.380. The Kier molecular flexibility index (Phi) is 4.05. The highest BCUT2D eigenvalue weighted by Gasteiger charge is 2.24. The average molecular weight is 321 g/mol. The van der Waals surface area contributed by atoms with Gasteiger partial charge in [-0.05, 0) is 31.0 Å². The van der Waals surface area contributed by atoms with Crippen LogP contribution in [0.2, 0.25) is 5.02 Å². The minimum atomic E-state index is -0.514. The van der Waals surface area contributed by atoms with E-state index in [1.807, 2.05) is 0 Å². The molecule has 1 fully saturated rings. The number of hydrogen-bond acceptors (Lipinski definition) is 1. The lowest BCUT2D eigenvalue weighted by molar-refractivity contribution is 0.0723. The minimum absolute atomic E-state index is 0.0607. The van der Waals surface area contributed by atoms with E-state index >= 15 is 0 Å². The monoisotopic (exact) mass is 319 g/mol. The van der Waals surface area contributed by atoms with Crippen molar-refractivity contribution in [1.82, 2.24) is 4.90 Å². The zero-order valence-electron chi connectivity index (χ0n) is 9.13. The summed E-state index contributed by atoms with van der Waals surface area (Å²) in [7, 11) is 0. The fraction of sp³-hybridized carbons (Fsp3) is 0.417. The number of hydrogen-bond donors (Lipinski definition) is 0. The lowest BCUT2D eigenvalue weighted by Crippen LogP contribution is -2.39. The molecule has 1 aliphatic rings. The van der Waals surface area contributed by atoms with Gasteiger partial charge < -0.3 is 4.90 Å². The van der Waals surface area contributed by atoms with E-state index in [1.165, 1.54) is 18.2 Å². The van der Waals surface area contributed by atoms with Crippen LogP contribution in [-0.4, -0.2) is 28.7 Å². The molecule has 1 aliphatic heterocycles. The highest BCUT2D eigenvalue weighted by Crippen LogP contribution is 2.21. The molecule has 0 N–H and O–H groups in total. The summed E-state index contributed by atoms with van der Waals surface area (Å²) in [4.78, 5) is 14.2. The second-order valence-electron chi connectivity index (χ2n) is 4.09. The molecule has 2 rings (SSSR count). The highest BCUT2D eigenvalue weighted by molar-refractivity contribution is 9.09. The number of halogens is 3. The summed E-state index contributed by atoms with van der Waals surface area (Å²) in [6, 6.07) is 4.06. The second-order valence-corrected chi connectivity index (χ2v) is 5.82. The van der Waals surface area contributed by atoms with Gasteiger partial charge in [-0.3, -0.25) is 4.79 Å². The predicted molar refractivity (Wildman–Crippen MR) is 69.3 cm³/mol. The number of benzene rings is 1. The molecule has 1 aromatic carbocycles. The molecule has 0 aromatic heterocycles. The first kappa shape index (κ1) is 12.8. The maximum atomic E-state index is 13.5. The van der Waals surface area contributed by atoms with Crippen molar-refractivity contribution in [3.05, 3.63) is 34.6 Å². The first-order valence-corrected chi connectivity index (χ1v) is 6.75. The number of amides is 1. The van der Waals surface area contributed by atoms with Gasteiger partial charge in [-0.2, -0.15) is 0 Å². The maximum absolute atomic E-state index is 13.5. The van der Waals surface area contributed by atoms with E-state index in [-0.39, 0.29) is 11.5 Å². The third-order valence-electron chi connectivity index (χ3n) is 2.87. The fourth-order valence-electron chi connectivity index (χ4n) is 1.88. The molecule has 0 atom stereocenters. The molecule has 0 unspecified atom stereocenters. The van der Waals surface area contributed by atoms with Gasteiger partial charge in [0.2, 0.25) is 0 Å². The summed E-state index contributed by atoms with van der Waals surface area (Å²) < 4.78 is 13.5. The van der Waals surface area contributed by atoms with Crippen LogP contribution in [0.5, 0.6) is 0 Å². The van der Waals surface area contributed by atoms with Crippen molar-refractivity contribution in [2.24, 2.45) is 0 Å². The van der Waals surface area contributed by atoms with Gasteiger partial charge in [-0.25, -0.2) is 4.39 Å². The summed E-state index contributed by atoms with van der Waals surface area (Å²) in [6.07, 6.45) is 1.79. The van der Waals surface area contributed by atoms with Crippen molar-refractivity contribution in [1.29, 1.82) is 0 Å². The van der Waals surface area contributed by atoms with Gasteiger partial charge in [-0.15, -0.1) is 0 Å². The summed E-state index contributed by atoms with van der Waals surface area (Å²) in [5.41, 5.74) is 0.0607. The Morgan fingerprint density at radius 2 is 2.06 bits per heavy atom. The molecule has 1 aromatic rings. The van der Waals surface area contributed by atoms with Crippen LogP contribution < -0.4 is 0 Å². The summed E-state index contributed by atoms with van der Waals surface area (Å²) in [5.74, 6) is -0.787. The molecule has 0 radical (unpaired) electrons. The number of nitrogens with zero attached hydrogens (tertiary/aromatic N) is 1. The van der Waals surface area contributed by atoms with Crippen LogP contribution in [0.1, 0.15) is 23.2 Å². The largest absolute Gasteiger partial charge is 0.338 e. The Hall–Kier alpha value is -0.610. The first-order valence-electron chi connectivity index (χ1n) is 5.46. The normalized spacial score (nSPS) is 17.2. The molecule has 1 amide bonds. The quantitative estimate of drug-likeness (QED) is 0.726. The SMILES string of the molecule is O=C(c1cc(Cl)ccc1F)N1CCC(Br)CC1. The van der Waals surface area contributed by atoms with Crippen LogP contribution in [0.4, 0.5) is 4.39 Å². The Morgan fingerprint density at radius 1 is 1.41 bits per heavy atom. The van der Waals surface area contributed by atoms with Crippen molar-refractivity contribution >= 4 is 33.4 Å². The lowest BCUT2D eigenvalue weighted by atomic mass is 10.1. The highest BCUT2D eigenvalue weighted by atomic mass is 79.9. The van der Waals surface area contributed by atoms with E-state index in [2.05, 4.69) is 15.9 Å². The Morgan fingerprint density at radius 3 is 2.71 bits per heavy atom. The smallest absolute Gasteiger partial charge is 0.256 e. The van der Waals surface area contributed by atoms with Crippen LogP contribution in [0.25, 0.3) is 0 Å². The molecule has 5 heteroatoms. The molecular formula is C12H12BrClFNO. The van der Waals surface area contributed by atoms with Gasteiger partial charge in [-0.1, -0.05) is 27.5 Å². The Bertz CT molecular complexity index is 433. The first-order chi connectivity index (χ1) is 8.08. The second kappa shape index (κ2) is 5.36. The van der Waals surface area contributed by atoms with Gasteiger partial charge in [0.15, 0.2) is 0 Å². The number of carbonyl (C=O) groups excluding carboxylic acids is 1. The zero-order valence-corrected chi connectivity index (χ0v) is 11.5. The molecule has 0 spiro atoms. The van der Waals surface area contributed by atoms with Gasteiger partial charge in [0, 0.05) is 22.9 Å². The van der Waals surface area contributed by atoms with E-state index in [0.717, 1.165) is 12.8 Å². The average Bonchev–Trinajstić information content (AvgIpc) is 2.32. The fourth-order valence-corrected chi connectivity index (χ4v) is 2.46. The molecule has 1 saturated heterocycles. The van der Waals surface area contributed by atoms with E-state index in [1.54, 1.807) is 4.90 Å². The Balaban J connectivity index is 2.16. The molecule has 17 heavy (non-hydrogen) atoms. The maximum Gasteiger partial charge on any atom is 0.256 e. The Labute approximate surface area is 113 Å². The van der Waals surface area contributed by atoms with Crippen LogP contribution in [0, 0.1) is 5.82 Å². The van der Waals surface area contributed by atoms with Gasteiger partial charge >= 0.3 is 0 Å². The zero-order chi connectivity index (χ0) is 12.4. The van der Waals surface area contributed by atoms with E-state index in [0.29, 0.717) is 22.9 Å². The molecule has 1 heterocycles. The topological polar surface area (TPSA) is 20.3 Å². The van der Waals surface area contributed by atoms with Crippen molar-refractivity contribution < 1.29 is 9.18 Å². The molecule has 2 nitrogen and oxygen atoms in total. The standard InChI is InChI=1S/C12H12BrClFNO/c13-8-3-5-16(6-4-8)12(17)10-7-9(14)1-2-11(10)15/h1-2,7-8H,3-6H2. The third kappa shape index (κ3) is 2.99. The van der Waals surface area contributed by atoms with Gasteiger partial charge in [0.05, 0.1) is 5.56 Å². The molecular weight excluding hydrogens is 308 g/mol. The van der Waals surface area contributed by atoms with Crippen LogP contribution in [-0.2, 0) is 0 Å². The molecule has 0 aliphatic carbocycles. The van der Waals surface area contributed by atoms with Crippen molar-refractivity contribution in [3.63, 3.8) is 0 Å². The van der Waals surface area contributed by atoms with Crippen molar-refractivity contribution in [2.45, 2.75) is 17.7 Å². The molecule has 92 valence electrons. The summed E-state index contributed by atoms with van der Waals surface area (Å²) >= 11 is 9.29. The lowest BCUT2D eigenvalue weighted by Gasteiger charge is -2.29. The molecule has 0 bridgehead atoms. The number of carbonyl (C=O) groups is 1. The third-order valence-corrected chi connectivity index (χ3v) is 4.02. The van der Waals surface area contributed by atoms with Crippen molar-refractivity contribution in [3.8, 4) is 0 Å². The number of piperidine rings is 1. The number of likely N-dealkylation sites (tertiary alicyclic amines) is 1. The van der Waals surface area contributed by atoms with E-state index in [4.69, 9.17) is 11.6 Å². The van der Waals surface area contributed by atoms with Crippen molar-refractivity contribution in [2.75, 3.05) is 13.1 Å². The van der Waals surface area contributed by atoms with Gasteiger partial charge in [0.1, 0.15) is 5.82 Å². The number of alkyl halides is 1. The van der Waals surface area contributed by atoms with Gasteiger partial charge in [0.25, 0.3) is 5.91 Å². The number of rotatable bonds is 1. The van der Waals surface area contributed by atoms with Crippen LogP contribution in [0.3, 0.4) is 0 Å². The van der Waals surface area contributed by atoms with Crippen LogP contribution >= 0.6 is 27.5 Å². The summed E-state index contributed by atoms with van der Waals surface area (Å²) in [6.45, 7) is 1.31. The van der Waals surface area contributed by atoms with Crippen LogP contribution in [0.15, 0.2) is 18.2 Å². The van der Waals surface area contributed by atoms with E-state index < -0.39 is 5.82 Å². The predicted octanol–water partition coefficient (Wildman–Crippen LogP) is 3.48. The minimum Gasteiger partial charge on any atom is -0.338 e. The molecule has 0 saturated carbocycles. The van der Waals surface area contributed by atoms with E-state index in [9.17, 15) is 9.18 Å².